The molecule has 0 spiro atoms. The smallest absolute Gasteiger partial charge is 0.337 e. The average molecular weight is 410 g/mol. The van der Waals surface area contributed by atoms with Gasteiger partial charge in [-0.1, -0.05) is 32.9 Å². The maximum Gasteiger partial charge on any atom is 0.337 e. The van der Waals surface area contributed by atoms with E-state index in [1.165, 1.54) is 12.7 Å². The lowest BCUT2D eigenvalue weighted by Crippen LogP contribution is -2.46. The first-order valence-electron chi connectivity index (χ1n) is 10.5. The molecule has 6 nitrogen and oxygen atoms in total. The van der Waals surface area contributed by atoms with E-state index in [9.17, 15) is 9.59 Å². The molecule has 0 aliphatic carbocycles. The first-order chi connectivity index (χ1) is 14.4. The van der Waals surface area contributed by atoms with Crippen LogP contribution in [0.15, 0.2) is 42.5 Å². The fourth-order valence-corrected chi connectivity index (χ4v) is 3.68. The van der Waals surface area contributed by atoms with Crippen LogP contribution >= 0.6 is 0 Å². The van der Waals surface area contributed by atoms with Gasteiger partial charge in [-0.2, -0.15) is 0 Å². The van der Waals surface area contributed by atoms with E-state index in [1.807, 2.05) is 30.3 Å². The molecule has 0 bridgehead atoms. The molecule has 1 amide bonds. The van der Waals surface area contributed by atoms with Crippen LogP contribution in [0.5, 0.6) is 0 Å². The van der Waals surface area contributed by atoms with Gasteiger partial charge in [-0.05, 0) is 48.4 Å². The lowest BCUT2D eigenvalue weighted by molar-refractivity contribution is 0.0600. The summed E-state index contributed by atoms with van der Waals surface area (Å²) in [6, 6.07) is 13.0. The van der Waals surface area contributed by atoms with Crippen LogP contribution in [0.4, 0.5) is 11.4 Å². The van der Waals surface area contributed by atoms with Crippen molar-refractivity contribution >= 4 is 23.3 Å². The Hall–Kier alpha value is -2.86. The summed E-state index contributed by atoms with van der Waals surface area (Å²) in [6.45, 7) is 11.1. The minimum atomic E-state index is -0.422. The normalized spacial score (nSPS) is 14.6. The zero-order chi connectivity index (χ0) is 21.7. The third kappa shape index (κ3) is 5.00. The molecule has 1 N–H and O–H groups in total. The molecular formula is C24H31N3O3. The van der Waals surface area contributed by atoms with Gasteiger partial charge in [0, 0.05) is 31.7 Å². The highest BCUT2D eigenvalue weighted by Crippen LogP contribution is 2.29. The Balaban J connectivity index is 1.86. The maximum absolute atomic E-state index is 12.9. The monoisotopic (exact) mass is 409 g/mol. The highest BCUT2D eigenvalue weighted by atomic mass is 16.5. The van der Waals surface area contributed by atoms with E-state index in [0.29, 0.717) is 22.7 Å². The number of carbonyl (C=O) groups excluding carboxylic acids is 2. The number of nitrogens with one attached hydrogen (secondary N) is 1. The van der Waals surface area contributed by atoms with Crippen molar-refractivity contribution in [2.45, 2.75) is 26.7 Å². The molecule has 30 heavy (non-hydrogen) atoms. The molecule has 6 heteroatoms. The molecule has 0 saturated carbocycles. The summed E-state index contributed by atoms with van der Waals surface area (Å²) < 4.78 is 4.86. The largest absolute Gasteiger partial charge is 0.465 e. The van der Waals surface area contributed by atoms with Gasteiger partial charge in [-0.25, -0.2) is 4.79 Å². The molecule has 1 heterocycles. The average Bonchev–Trinajstić information content (AvgIpc) is 2.78. The van der Waals surface area contributed by atoms with Crippen molar-refractivity contribution in [1.82, 2.24) is 4.90 Å². The number of amides is 1. The second-order valence-electron chi connectivity index (χ2n) is 7.88. The molecule has 3 rings (SSSR count). The second kappa shape index (κ2) is 9.76. The highest BCUT2D eigenvalue weighted by Gasteiger charge is 2.21. The van der Waals surface area contributed by atoms with Crippen molar-refractivity contribution in [2.75, 3.05) is 50.1 Å². The van der Waals surface area contributed by atoms with Gasteiger partial charge in [0.2, 0.25) is 0 Å². The van der Waals surface area contributed by atoms with E-state index in [4.69, 9.17) is 4.74 Å². The Morgan fingerprint density at radius 3 is 2.20 bits per heavy atom. The molecule has 2 aromatic rings. The Labute approximate surface area is 178 Å². The number of rotatable bonds is 6. The zero-order valence-corrected chi connectivity index (χ0v) is 18.3. The zero-order valence-electron chi connectivity index (χ0n) is 18.3. The molecular weight excluding hydrogens is 378 g/mol. The SMILES string of the molecule is CCN1CCN(c2ccc(C(=O)OC)cc2NC(=O)c2ccc(C(C)C)cc2)CC1. The summed E-state index contributed by atoms with van der Waals surface area (Å²) in [5.74, 6) is -0.206. The lowest BCUT2D eigenvalue weighted by Gasteiger charge is -2.36. The number of ether oxygens (including phenoxy) is 1. The topological polar surface area (TPSA) is 61.9 Å². The van der Waals surface area contributed by atoms with Crippen molar-refractivity contribution in [3.8, 4) is 0 Å². The molecule has 1 fully saturated rings. The van der Waals surface area contributed by atoms with E-state index in [-0.39, 0.29) is 5.91 Å². The molecule has 1 aliphatic rings. The Morgan fingerprint density at radius 2 is 1.63 bits per heavy atom. The van der Waals surface area contributed by atoms with Crippen LogP contribution < -0.4 is 10.2 Å². The van der Waals surface area contributed by atoms with Crippen LogP contribution in [0.25, 0.3) is 0 Å². The number of esters is 1. The number of hydrogen-bond donors (Lipinski definition) is 1. The van der Waals surface area contributed by atoms with Crippen molar-refractivity contribution in [3.63, 3.8) is 0 Å². The molecule has 1 aliphatic heterocycles. The highest BCUT2D eigenvalue weighted by molar-refractivity contribution is 6.06. The predicted molar refractivity (Wildman–Crippen MR) is 121 cm³/mol. The van der Waals surface area contributed by atoms with E-state index in [0.717, 1.165) is 38.4 Å². The molecule has 2 aromatic carbocycles. The van der Waals surface area contributed by atoms with Crippen LogP contribution in [0.3, 0.4) is 0 Å². The van der Waals surface area contributed by atoms with Gasteiger partial charge in [0.25, 0.3) is 5.91 Å². The number of hydrogen-bond acceptors (Lipinski definition) is 5. The Bertz CT molecular complexity index is 885. The number of nitrogens with zero attached hydrogens (tertiary/aromatic N) is 2. The summed E-state index contributed by atoms with van der Waals surface area (Å²) in [5.41, 5.74) is 3.74. The van der Waals surface area contributed by atoms with Gasteiger partial charge < -0.3 is 19.9 Å². The van der Waals surface area contributed by atoms with E-state index < -0.39 is 5.97 Å². The minimum Gasteiger partial charge on any atom is -0.465 e. The van der Waals surface area contributed by atoms with Crippen molar-refractivity contribution < 1.29 is 14.3 Å². The number of anilines is 2. The molecule has 1 saturated heterocycles. The maximum atomic E-state index is 12.9. The fourth-order valence-electron chi connectivity index (χ4n) is 3.68. The summed E-state index contributed by atoms with van der Waals surface area (Å²) >= 11 is 0. The summed E-state index contributed by atoms with van der Waals surface area (Å²) in [4.78, 5) is 29.6. The van der Waals surface area contributed by atoms with Crippen LogP contribution in [0.2, 0.25) is 0 Å². The minimum absolute atomic E-state index is 0.194. The Kier molecular flexibility index (Phi) is 7.11. The Morgan fingerprint density at radius 1 is 1.00 bits per heavy atom. The fraction of sp³-hybridized carbons (Fsp3) is 0.417. The van der Waals surface area contributed by atoms with Crippen LogP contribution in [-0.4, -0.2) is 56.6 Å². The van der Waals surface area contributed by atoms with Crippen molar-refractivity contribution in [1.29, 1.82) is 0 Å². The second-order valence-corrected chi connectivity index (χ2v) is 7.88. The van der Waals surface area contributed by atoms with E-state index >= 15 is 0 Å². The van der Waals surface area contributed by atoms with Gasteiger partial charge in [0.1, 0.15) is 0 Å². The molecule has 0 aromatic heterocycles. The summed E-state index contributed by atoms with van der Waals surface area (Å²) in [5, 5.41) is 3.02. The van der Waals surface area contributed by atoms with Crippen LogP contribution in [-0.2, 0) is 4.74 Å². The van der Waals surface area contributed by atoms with Gasteiger partial charge in [-0.15, -0.1) is 0 Å². The number of piperazine rings is 1. The number of carbonyl (C=O) groups is 2. The third-order valence-corrected chi connectivity index (χ3v) is 5.67. The predicted octanol–water partition coefficient (Wildman–Crippen LogP) is 3.99. The standard InChI is InChI=1S/C24H31N3O3/c1-5-26-12-14-27(15-13-26)22-11-10-20(24(29)30-4)16-21(22)25-23(28)19-8-6-18(7-9-19)17(2)3/h6-11,16-17H,5,12-15H2,1-4H3,(H,25,28). The first-order valence-corrected chi connectivity index (χ1v) is 10.5. The molecule has 0 atom stereocenters. The summed E-state index contributed by atoms with van der Waals surface area (Å²) in [6.07, 6.45) is 0. The first kappa shape index (κ1) is 21.8. The lowest BCUT2D eigenvalue weighted by atomic mass is 10.0. The number of benzene rings is 2. The third-order valence-electron chi connectivity index (χ3n) is 5.67. The molecule has 0 unspecified atom stereocenters. The molecule has 160 valence electrons. The van der Waals surface area contributed by atoms with E-state index in [1.54, 1.807) is 12.1 Å². The van der Waals surface area contributed by atoms with Crippen molar-refractivity contribution in [2.24, 2.45) is 0 Å². The van der Waals surface area contributed by atoms with Crippen LogP contribution in [0.1, 0.15) is 53.0 Å². The van der Waals surface area contributed by atoms with Gasteiger partial charge in [-0.3, -0.25) is 4.79 Å². The number of likely N-dealkylation sites (N-methyl/N-ethyl adjacent to an activating group) is 1. The summed E-state index contributed by atoms with van der Waals surface area (Å²) in [7, 11) is 1.36. The van der Waals surface area contributed by atoms with Crippen molar-refractivity contribution in [3.05, 3.63) is 59.2 Å². The number of methoxy groups -OCH3 is 1. The molecule has 0 radical (unpaired) electrons. The van der Waals surface area contributed by atoms with Gasteiger partial charge in [0.05, 0.1) is 24.0 Å². The van der Waals surface area contributed by atoms with Gasteiger partial charge in [0.15, 0.2) is 0 Å². The van der Waals surface area contributed by atoms with E-state index in [2.05, 4.69) is 35.9 Å². The van der Waals surface area contributed by atoms with Gasteiger partial charge >= 0.3 is 5.97 Å². The quantitative estimate of drug-likeness (QED) is 0.731. The van der Waals surface area contributed by atoms with Crippen LogP contribution in [0, 0.1) is 0 Å².